The molecular weight excluding hydrogens is 346 g/mol. The molecule has 7 heteroatoms. The average Bonchev–Trinajstić information content (AvgIpc) is 3.07. The van der Waals surface area contributed by atoms with Crippen molar-refractivity contribution in [3.8, 4) is 5.75 Å². The number of nitrogens with one attached hydrogen (secondary N) is 1. The van der Waals surface area contributed by atoms with Crippen molar-refractivity contribution in [1.82, 2.24) is 15.1 Å². The Morgan fingerprint density at radius 1 is 1.30 bits per heavy atom. The Balaban J connectivity index is 1.45. The zero-order valence-corrected chi connectivity index (χ0v) is 16.2. The molecule has 148 valence electrons. The lowest BCUT2D eigenvalue weighted by Gasteiger charge is -2.28. The molecule has 0 spiro atoms. The molecule has 2 fully saturated rings. The second-order valence-electron chi connectivity index (χ2n) is 7.22. The number of likely N-dealkylation sites (tertiary alicyclic amines) is 1. The molecule has 2 amide bonds. The van der Waals surface area contributed by atoms with Crippen LogP contribution >= 0.6 is 0 Å². The topological polar surface area (TPSA) is 71.1 Å². The monoisotopic (exact) mass is 375 g/mol. The van der Waals surface area contributed by atoms with Crippen LogP contribution in [-0.4, -0.2) is 74.7 Å². The lowest BCUT2D eigenvalue weighted by atomic mass is 10.1. The van der Waals surface area contributed by atoms with Gasteiger partial charge in [0.25, 0.3) is 0 Å². The molecule has 2 aliphatic heterocycles. The molecule has 1 atom stereocenters. The molecule has 2 saturated heterocycles. The van der Waals surface area contributed by atoms with Crippen LogP contribution in [0.3, 0.4) is 0 Å². The van der Waals surface area contributed by atoms with E-state index >= 15 is 0 Å². The van der Waals surface area contributed by atoms with Crippen LogP contribution in [0.2, 0.25) is 0 Å². The lowest BCUT2D eigenvalue weighted by Crippen LogP contribution is -2.42. The van der Waals surface area contributed by atoms with Crippen molar-refractivity contribution in [1.29, 1.82) is 0 Å². The van der Waals surface area contributed by atoms with E-state index in [4.69, 9.17) is 9.47 Å². The molecule has 2 aliphatic rings. The smallest absolute Gasteiger partial charge is 0.225 e. The van der Waals surface area contributed by atoms with Gasteiger partial charge in [-0.1, -0.05) is 12.1 Å². The second kappa shape index (κ2) is 9.19. The van der Waals surface area contributed by atoms with Gasteiger partial charge in [-0.25, -0.2) is 0 Å². The third-order valence-electron chi connectivity index (χ3n) is 5.31. The van der Waals surface area contributed by atoms with Crippen molar-refractivity contribution in [2.24, 2.45) is 5.92 Å². The Hall–Kier alpha value is -2.12. The van der Waals surface area contributed by atoms with E-state index in [1.807, 2.05) is 30.0 Å². The van der Waals surface area contributed by atoms with Gasteiger partial charge in [-0.3, -0.25) is 14.5 Å². The predicted molar refractivity (Wildman–Crippen MR) is 102 cm³/mol. The van der Waals surface area contributed by atoms with Crippen molar-refractivity contribution in [2.45, 2.75) is 19.9 Å². The number of rotatable bonds is 7. The number of carbonyl (C=O) groups excluding carboxylic acids is 2. The predicted octanol–water partition coefficient (Wildman–Crippen LogP) is 0.801. The van der Waals surface area contributed by atoms with Gasteiger partial charge in [0.05, 0.1) is 26.2 Å². The molecule has 1 aromatic rings. The van der Waals surface area contributed by atoms with E-state index < -0.39 is 0 Å². The maximum absolute atomic E-state index is 12.5. The highest BCUT2D eigenvalue weighted by molar-refractivity contribution is 5.89. The molecule has 27 heavy (non-hydrogen) atoms. The molecule has 1 N–H and O–H groups in total. The van der Waals surface area contributed by atoms with Crippen LogP contribution in [0.25, 0.3) is 0 Å². The Bertz CT molecular complexity index is 673. The van der Waals surface area contributed by atoms with E-state index in [2.05, 4.69) is 10.2 Å². The Morgan fingerprint density at radius 3 is 2.81 bits per heavy atom. The Labute approximate surface area is 160 Å². The Morgan fingerprint density at radius 2 is 2.07 bits per heavy atom. The highest BCUT2D eigenvalue weighted by Crippen LogP contribution is 2.20. The first-order valence-electron chi connectivity index (χ1n) is 9.56. The van der Waals surface area contributed by atoms with E-state index in [9.17, 15) is 9.59 Å². The minimum absolute atomic E-state index is 0.0586. The lowest BCUT2D eigenvalue weighted by molar-refractivity contribution is -0.129. The first kappa shape index (κ1) is 19.6. The van der Waals surface area contributed by atoms with Crippen molar-refractivity contribution < 1.29 is 19.1 Å². The maximum atomic E-state index is 12.5. The summed E-state index contributed by atoms with van der Waals surface area (Å²) in [5, 5.41) is 2.96. The van der Waals surface area contributed by atoms with Crippen LogP contribution in [-0.2, 0) is 20.9 Å². The summed E-state index contributed by atoms with van der Waals surface area (Å²) < 4.78 is 10.7. The van der Waals surface area contributed by atoms with Crippen molar-refractivity contribution in [3.05, 3.63) is 29.3 Å². The fourth-order valence-electron chi connectivity index (χ4n) is 3.56. The van der Waals surface area contributed by atoms with E-state index in [0.717, 1.165) is 49.7 Å². The third-order valence-corrected chi connectivity index (χ3v) is 5.31. The minimum Gasteiger partial charge on any atom is -0.496 e. The summed E-state index contributed by atoms with van der Waals surface area (Å²) in [6, 6.07) is 5.89. The third kappa shape index (κ3) is 5.20. The molecule has 1 aromatic carbocycles. The van der Waals surface area contributed by atoms with E-state index in [1.165, 1.54) is 0 Å². The molecule has 7 nitrogen and oxygen atoms in total. The molecular formula is C20H29N3O4. The first-order chi connectivity index (χ1) is 13.1. The van der Waals surface area contributed by atoms with Crippen LogP contribution < -0.4 is 10.1 Å². The van der Waals surface area contributed by atoms with Gasteiger partial charge in [-0.2, -0.15) is 0 Å². The number of ether oxygens (including phenoxy) is 2. The summed E-state index contributed by atoms with van der Waals surface area (Å²) in [4.78, 5) is 28.8. The van der Waals surface area contributed by atoms with Crippen molar-refractivity contribution in [2.75, 3.05) is 53.0 Å². The average molecular weight is 375 g/mol. The molecule has 2 heterocycles. The molecule has 0 saturated carbocycles. The second-order valence-corrected chi connectivity index (χ2v) is 7.22. The number of hydrogen-bond donors (Lipinski definition) is 1. The van der Waals surface area contributed by atoms with Gasteiger partial charge in [0, 0.05) is 45.7 Å². The quantitative estimate of drug-likeness (QED) is 0.763. The van der Waals surface area contributed by atoms with Crippen LogP contribution in [0.5, 0.6) is 5.75 Å². The van der Waals surface area contributed by atoms with Gasteiger partial charge < -0.3 is 19.7 Å². The van der Waals surface area contributed by atoms with Crippen LogP contribution in [0.15, 0.2) is 18.2 Å². The van der Waals surface area contributed by atoms with Crippen LogP contribution in [0.4, 0.5) is 0 Å². The molecule has 3 rings (SSSR count). The number of carbonyl (C=O) groups is 2. The number of aryl methyl sites for hydroxylation is 1. The number of methoxy groups -OCH3 is 1. The maximum Gasteiger partial charge on any atom is 0.225 e. The van der Waals surface area contributed by atoms with Gasteiger partial charge >= 0.3 is 0 Å². The summed E-state index contributed by atoms with van der Waals surface area (Å²) in [6.45, 7) is 7.77. The highest BCUT2D eigenvalue weighted by Gasteiger charge is 2.34. The van der Waals surface area contributed by atoms with Gasteiger partial charge in [0.1, 0.15) is 5.75 Å². The molecule has 0 aliphatic carbocycles. The highest BCUT2D eigenvalue weighted by atomic mass is 16.5. The molecule has 0 bridgehead atoms. The fraction of sp³-hybridized carbons (Fsp3) is 0.600. The number of hydrogen-bond acceptors (Lipinski definition) is 5. The van der Waals surface area contributed by atoms with Gasteiger partial charge in [-0.15, -0.1) is 0 Å². The number of nitrogens with zero attached hydrogens (tertiary/aromatic N) is 2. The first-order valence-corrected chi connectivity index (χ1v) is 9.56. The number of morpholine rings is 1. The minimum atomic E-state index is -0.269. The molecule has 0 radical (unpaired) electrons. The molecule has 1 unspecified atom stereocenters. The zero-order valence-electron chi connectivity index (χ0n) is 16.2. The standard InChI is InChI=1S/C20H29N3O4/c1-15-3-4-16(11-18(15)26-2)13-21-20(25)17-12-19(24)23(14-17)6-5-22-7-9-27-10-8-22/h3-4,11,17H,5-10,12-14H2,1-2H3,(H,21,25). The molecule has 0 aromatic heterocycles. The zero-order chi connectivity index (χ0) is 19.2. The van der Waals surface area contributed by atoms with Crippen molar-refractivity contribution in [3.63, 3.8) is 0 Å². The largest absolute Gasteiger partial charge is 0.496 e. The summed E-state index contributed by atoms with van der Waals surface area (Å²) >= 11 is 0. The SMILES string of the molecule is COc1cc(CNC(=O)C2CC(=O)N(CCN3CCOCC3)C2)ccc1C. The van der Waals surface area contributed by atoms with Gasteiger partial charge in [-0.05, 0) is 24.1 Å². The van der Waals surface area contributed by atoms with Crippen LogP contribution in [0, 0.1) is 12.8 Å². The van der Waals surface area contributed by atoms with Gasteiger partial charge in [0.2, 0.25) is 11.8 Å². The van der Waals surface area contributed by atoms with E-state index in [0.29, 0.717) is 26.1 Å². The van der Waals surface area contributed by atoms with E-state index in [1.54, 1.807) is 7.11 Å². The van der Waals surface area contributed by atoms with Crippen LogP contribution in [0.1, 0.15) is 17.5 Å². The number of benzene rings is 1. The van der Waals surface area contributed by atoms with Crippen molar-refractivity contribution >= 4 is 11.8 Å². The number of amides is 2. The summed E-state index contributed by atoms with van der Waals surface area (Å²) in [5.41, 5.74) is 2.05. The van der Waals surface area contributed by atoms with E-state index in [-0.39, 0.29) is 17.7 Å². The summed E-state index contributed by atoms with van der Waals surface area (Å²) in [5.74, 6) is 0.554. The summed E-state index contributed by atoms with van der Waals surface area (Å²) in [7, 11) is 1.64. The Kier molecular flexibility index (Phi) is 6.68. The normalized spacial score (nSPS) is 20.7. The van der Waals surface area contributed by atoms with Gasteiger partial charge in [0.15, 0.2) is 0 Å². The fourth-order valence-corrected chi connectivity index (χ4v) is 3.56. The summed E-state index contributed by atoms with van der Waals surface area (Å²) in [6.07, 6.45) is 0.298.